The van der Waals surface area contributed by atoms with Gasteiger partial charge in [0.15, 0.2) is 0 Å². The summed E-state index contributed by atoms with van der Waals surface area (Å²) < 4.78 is 0. The third-order valence-corrected chi connectivity index (χ3v) is 2.40. The number of carbonyl (C=O) groups is 2. The Morgan fingerprint density at radius 3 is 2.11 bits per heavy atom. The third kappa shape index (κ3) is 4.05. The highest BCUT2D eigenvalue weighted by Crippen LogP contribution is 2.12. The Morgan fingerprint density at radius 2 is 1.72 bits per heavy atom. The molecule has 0 saturated heterocycles. The highest BCUT2D eigenvalue weighted by atomic mass is 16.4. The van der Waals surface area contributed by atoms with E-state index in [2.05, 4.69) is 0 Å². The smallest absolute Gasteiger partial charge is 0.335 e. The maximum Gasteiger partial charge on any atom is 0.335 e. The largest absolute Gasteiger partial charge is 0.478 e. The number of allylic oxidation sites excluding steroid dienone is 1. The standard InChI is InChI=1S/C14H16O4/c1-9(2)7-12(14(17)18)8-10-3-5-11(6-4-10)13(15)16/h3-7,9H,8H2,1-2H3,(H,15,16)(H,17,18). The van der Waals surface area contributed by atoms with Crippen LogP contribution < -0.4 is 0 Å². The highest BCUT2D eigenvalue weighted by Gasteiger charge is 2.10. The first-order chi connectivity index (χ1) is 8.40. The van der Waals surface area contributed by atoms with E-state index in [0.29, 0.717) is 12.0 Å². The minimum Gasteiger partial charge on any atom is -0.478 e. The molecule has 0 atom stereocenters. The van der Waals surface area contributed by atoms with E-state index in [0.717, 1.165) is 5.56 Å². The van der Waals surface area contributed by atoms with Gasteiger partial charge in [0.05, 0.1) is 5.56 Å². The number of aromatic carboxylic acids is 1. The van der Waals surface area contributed by atoms with Gasteiger partial charge in [-0.1, -0.05) is 32.1 Å². The summed E-state index contributed by atoms with van der Waals surface area (Å²) in [6, 6.07) is 6.24. The van der Waals surface area contributed by atoms with E-state index in [1.807, 2.05) is 13.8 Å². The lowest BCUT2D eigenvalue weighted by Gasteiger charge is -2.05. The van der Waals surface area contributed by atoms with Gasteiger partial charge in [0.1, 0.15) is 0 Å². The quantitative estimate of drug-likeness (QED) is 0.785. The van der Waals surface area contributed by atoms with Gasteiger partial charge < -0.3 is 10.2 Å². The monoisotopic (exact) mass is 248 g/mol. The van der Waals surface area contributed by atoms with E-state index in [1.165, 1.54) is 12.1 Å². The van der Waals surface area contributed by atoms with E-state index < -0.39 is 11.9 Å². The summed E-state index contributed by atoms with van der Waals surface area (Å²) in [6.07, 6.45) is 2.00. The topological polar surface area (TPSA) is 74.6 Å². The summed E-state index contributed by atoms with van der Waals surface area (Å²) in [5, 5.41) is 17.8. The van der Waals surface area contributed by atoms with Crippen molar-refractivity contribution in [3.8, 4) is 0 Å². The van der Waals surface area contributed by atoms with Crippen molar-refractivity contribution in [1.29, 1.82) is 0 Å². The second kappa shape index (κ2) is 6.00. The van der Waals surface area contributed by atoms with Gasteiger partial charge in [0.2, 0.25) is 0 Å². The van der Waals surface area contributed by atoms with Gasteiger partial charge in [-0.2, -0.15) is 0 Å². The molecule has 0 unspecified atom stereocenters. The van der Waals surface area contributed by atoms with Crippen molar-refractivity contribution in [3.63, 3.8) is 0 Å². The van der Waals surface area contributed by atoms with Crippen LogP contribution in [0.3, 0.4) is 0 Å². The first kappa shape index (κ1) is 14.0. The number of hydrogen-bond donors (Lipinski definition) is 2. The molecule has 4 nitrogen and oxygen atoms in total. The van der Waals surface area contributed by atoms with Gasteiger partial charge in [-0.05, 0) is 23.6 Å². The van der Waals surface area contributed by atoms with E-state index in [-0.39, 0.29) is 11.5 Å². The minimum absolute atomic E-state index is 0.161. The van der Waals surface area contributed by atoms with Crippen LogP contribution in [0, 0.1) is 5.92 Å². The molecule has 0 saturated carbocycles. The van der Waals surface area contributed by atoms with Crippen LogP contribution in [-0.2, 0) is 11.2 Å². The Morgan fingerprint density at radius 1 is 1.17 bits per heavy atom. The predicted molar refractivity (Wildman–Crippen MR) is 67.7 cm³/mol. The molecular formula is C14H16O4. The predicted octanol–water partition coefficient (Wildman–Crippen LogP) is 2.59. The SMILES string of the molecule is CC(C)C=C(Cc1ccc(C(=O)O)cc1)C(=O)O. The minimum atomic E-state index is -0.988. The van der Waals surface area contributed by atoms with E-state index in [9.17, 15) is 9.59 Å². The highest BCUT2D eigenvalue weighted by molar-refractivity contribution is 5.88. The van der Waals surface area contributed by atoms with Gasteiger partial charge in [-0.15, -0.1) is 0 Å². The molecule has 1 rings (SSSR count). The number of rotatable bonds is 5. The van der Waals surface area contributed by atoms with E-state index >= 15 is 0 Å². The zero-order chi connectivity index (χ0) is 13.7. The molecule has 0 heterocycles. The molecule has 0 fully saturated rings. The molecule has 0 aliphatic carbocycles. The Labute approximate surface area is 106 Å². The molecular weight excluding hydrogens is 232 g/mol. The average molecular weight is 248 g/mol. The van der Waals surface area contributed by atoms with Crippen LogP contribution in [0.1, 0.15) is 29.8 Å². The van der Waals surface area contributed by atoms with Crippen LogP contribution in [0.5, 0.6) is 0 Å². The van der Waals surface area contributed by atoms with Crippen molar-refractivity contribution in [2.45, 2.75) is 20.3 Å². The van der Waals surface area contributed by atoms with Crippen LogP contribution in [-0.4, -0.2) is 22.2 Å². The molecule has 0 bridgehead atoms. The number of hydrogen-bond acceptors (Lipinski definition) is 2. The molecule has 1 aromatic rings. The summed E-state index contributed by atoms with van der Waals surface area (Å²) >= 11 is 0. The molecule has 0 aliphatic rings. The van der Waals surface area contributed by atoms with Gasteiger partial charge in [0, 0.05) is 12.0 Å². The second-order valence-corrected chi connectivity index (χ2v) is 4.42. The molecule has 1 aromatic carbocycles. The number of benzene rings is 1. The van der Waals surface area contributed by atoms with Crippen molar-refractivity contribution < 1.29 is 19.8 Å². The van der Waals surface area contributed by atoms with E-state index in [4.69, 9.17) is 10.2 Å². The molecule has 0 spiro atoms. The van der Waals surface area contributed by atoms with E-state index in [1.54, 1.807) is 18.2 Å². The van der Waals surface area contributed by atoms with Crippen LogP contribution in [0.15, 0.2) is 35.9 Å². The Balaban J connectivity index is 2.88. The zero-order valence-electron chi connectivity index (χ0n) is 10.4. The molecule has 0 aromatic heterocycles. The fraction of sp³-hybridized carbons (Fsp3) is 0.286. The first-order valence-corrected chi connectivity index (χ1v) is 5.66. The molecule has 0 radical (unpaired) electrons. The van der Waals surface area contributed by atoms with Crippen LogP contribution >= 0.6 is 0 Å². The molecule has 2 N–H and O–H groups in total. The molecule has 0 amide bonds. The average Bonchev–Trinajstić information content (AvgIpc) is 2.28. The Kier molecular flexibility index (Phi) is 4.66. The van der Waals surface area contributed by atoms with Gasteiger partial charge in [-0.25, -0.2) is 9.59 Å². The summed E-state index contributed by atoms with van der Waals surface area (Å²) in [5.74, 6) is -1.77. The van der Waals surface area contributed by atoms with Gasteiger partial charge in [-0.3, -0.25) is 0 Å². The maximum atomic E-state index is 11.1. The lowest BCUT2D eigenvalue weighted by molar-refractivity contribution is -0.132. The van der Waals surface area contributed by atoms with Crippen molar-refractivity contribution in [1.82, 2.24) is 0 Å². The summed E-state index contributed by atoms with van der Waals surface area (Å²) in [4.78, 5) is 21.7. The number of carboxylic acids is 2. The third-order valence-electron chi connectivity index (χ3n) is 2.40. The maximum absolute atomic E-state index is 11.1. The van der Waals surface area contributed by atoms with Crippen molar-refractivity contribution in [3.05, 3.63) is 47.0 Å². The van der Waals surface area contributed by atoms with Gasteiger partial charge >= 0.3 is 11.9 Å². The van der Waals surface area contributed by atoms with Crippen molar-refractivity contribution in [2.24, 2.45) is 5.92 Å². The van der Waals surface area contributed by atoms with Crippen molar-refractivity contribution in [2.75, 3.05) is 0 Å². The van der Waals surface area contributed by atoms with Crippen molar-refractivity contribution >= 4 is 11.9 Å². The van der Waals surface area contributed by atoms with Crippen LogP contribution in [0.4, 0.5) is 0 Å². The Bertz CT molecular complexity index is 469. The summed E-state index contributed by atoms with van der Waals surface area (Å²) in [6.45, 7) is 3.83. The number of carboxylic acid groups (broad SMARTS) is 2. The second-order valence-electron chi connectivity index (χ2n) is 4.42. The van der Waals surface area contributed by atoms with Crippen LogP contribution in [0.25, 0.3) is 0 Å². The van der Waals surface area contributed by atoms with Crippen LogP contribution in [0.2, 0.25) is 0 Å². The van der Waals surface area contributed by atoms with Gasteiger partial charge in [0.25, 0.3) is 0 Å². The molecule has 4 heteroatoms. The summed E-state index contributed by atoms with van der Waals surface area (Å²) in [5.41, 5.74) is 1.31. The summed E-state index contributed by atoms with van der Waals surface area (Å²) in [7, 11) is 0. The number of aliphatic carboxylic acids is 1. The normalized spacial score (nSPS) is 11.6. The molecule has 18 heavy (non-hydrogen) atoms. The first-order valence-electron chi connectivity index (χ1n) is 5.66. The fourth-order valence-corrected chi connectivity index (χ4v) is 1.59. The Hall–Kier alpha value is -2.10. The zero-order valence-corrected chi connectivity index (χ0v) is 10.4. The lowest BCUT2D eigenvalue weighted by Crippen LogP contribution is -2.06. The molecule has 0 aliphatic heterocycles. The fourth-order valence-electron chi connectivity index (χ4n) is 1.59. The lowest BCUT2D eigenvalue weighted by atomic mass is 10.0. The molecule has 96 valence electrons.